The molecule has 0 bridgehead atoms. The van der Waals surface area contributed by atoms with Crippen LogP contribution in [0.15, 0.2) is 18.2 Å². The highest BCUT2D eigenvalue weighted by molar-refractivity contribution is 9.09. The molecular formula is C13H18BrClFN. The van der Waals surface area contributed by atoms with Gasteiger partial charge in [0.2, 0.25) is 0 Å². The van der Waals surface area contributed by atoms with Crippen molar-refractivity contribution < 1.29 is 4.39 Å². The lowest BCUT2D eigenvalue weighted by Gasteiger charge is -2.26. The van der Waals surface area contributed by atoms with Gasteiger partial charge in [-0.1, -0.05) is 33.6 Å². The van der Waals surface area contributed by atoms with E-state index in [0.717, 1.165) is 30.4 Å². The highest BCUT2D eigenvalue weighted by atomic mass is 79.9. The molecule has 0 aromatic heterocycles. The summed E-state index contributed by atoms with van der Waals surface area (Å²) in [5.41, 5.74) is 0.968. The molecule has 1 rings (SSSR count). The molecule has 1 nitrogen and oxygen atoms in total. The van der Waals surface area contributed by atoms with E-state index in [1.165, 1.54) is 6.07 Å². The molecule has 0 heterocycles. The van der Waals surface area contributed by atoms with Gasteiger partial charge in [0.15, 0.2) is 0 Å². The molecule has 0 aliphatic heterocycles. The van der Waals surface area contributed by atoms with Crippen LogP contribution in [0.5, 0.6) is 0 Å². The highest BCUT2D eigenvalue weighted by Gasteiger charge is 2.10. The van der Waals surface area contributed by atoms with Crippen LogP contribution in [0.3, 0.4) is 0 Å². The molecule has 0 unspecified atom stereocenters. The van der Waals surface area contributed by atoms with Crippen LogP contribution >= 0.6 is 27.5 Å². The van der Waals surface area contributed by atoms with Gasteiger partial charge >= 0.3 is 0 Å². The van der Waals surface area contributed by atoms with Gasteiger partial charge in [-0.15, -0.1) is 0 Å². The molecule has 0 N–H and O–H groups in total. The van der Waals surface area contributed by atoms with Gasteiger partial charge in [0, 0.05) is 17.9 Å². The van der Waals surface area contributed by atoms with Gasteiger partial charge in [-0.25, -0.2) is 4.39 Å². The molecule has 0 saturated carbocycles. The fourth-order valence-electron chi connectivity index (χ4n) is 1.66. The Bertz CT molecular complexity index is 357. The van der Waals surface area contributed by atoms with Crippen LogP contribution in [0.2, 0.25) is 5.02 Å². The first-order valence-corrected chi connectivity index (χ1v) is 7.28. The van der Waals surface area contributed by atoms with E-state index in [1.54, 1.807) is 6.07 Å². The molecule has 96 valence electrons. The molecule has 0 fully saturated rings. The van der Waals surface area contributed by atoms with Gasteiger partial charge in [-0.3, -0.25) is 4.90 Å². The maximum atomic E-state index is 13.3. The Morgan fingerprint density at radius 3 is 2.65 bits per heavy atom. The zero-order valence-corrected chi connectivity index (χ0v) is 12.6. The molecule has 0 radical (unpaired) electrons. The summed E-state index contributed by atoms with van der Waals surface area (Å²) in [6, 6.07) is 5.48. The summed E-state index contributed by atoms with van der Waals surface area (Å²) in [7, 11) is 0. The van der Waals surface area contributed by atoms with Gasteiger partial charge < -0.3 is 0 Å². The van der Waals surface area contributed by atoms with Crippen LogP contribution < -0.4 is 0 Å². The number of benzene rings is 1. The molecule has 1 aromatic rings. The summed E-state index contributed by atoms with van der Waals surface area (Å²) < 4.78 is 13.3. The first-order chi connectivity index (χ1) is 8.04. The summed E-state index contributed by atoms with van der Waals surface area (Å²) in [5, 5.41) is 1.18. The molecule has 17 heavy (non-hydrogen) atoms. The predicted octanol–water partition coefficient (Wildman–Crippen LogP) is 4.47. The third-order valence-electron chi connectivity index (χ3n) is 2.68. The largest absolute Gasteiger partial charge is 0.297 e. The van der Waals surface area contributed by atoms with Crippen LogP contribution in [0, 0.1) is 5.82 Å². The van der Waals surface area contributed by atoms with Crippen molar-refractivity contribution in [1.29, 1.82) is 0 Å². The quantitative estimate of drug-likeness (QED) is 0.698. The zero-order chi connectivity index (χ0) is 12.8. The normalized spacial score (nSPS) is 11.5. The van der Waals surface area contributed by atoms with Crippen LogP contribution in [0.1, 0.15) is 25.8 Å². The van der Waals surface area contributed by atoms with Crippen molar-refractivity contribution in [2.24, 2.45) is 0 Å². The number of hydrogen-bond donors (Lipinski definition) is 0. The minimum atomic E-state index is -0.339. The number of alkyl halides is 1. The maximum absolute atomic E-state index is 13.3. The van der Waals surface area contributed by atoms with Crippen molar-refractivity contribution >= 4 is 27.5 Å². The fourth-order valence-corrected chi connectivity index (χ4v) is 2.02. The first kappa shape index (κ1) is 14.9. The predicted molar refractivity (Wildman–Crippen MR) is 75.4 cm³/mol. The monoisotopic (exact) mass is 321 g/mol. The van der Waals surface area contributed by atoms with Gasteiger partial charge in [-0.05, 0) is 44.5 Å². The van der Waals surface area contributed by atoms with E-state index in [-0.39, 0.29) is 10.8 Å². The Labute approximate surface area is 116 Å². The van der Waals surface area contributed by atoms with Crippen molar-refractivity contribution in [3.8, 4) is 0 Å². The van der Waals surface area contributed by atoms with E-state index in [0.29, 0.717) is 6.04 Å². The molecule has 4 heteroatoms. The second-order valence-electron chi connectivity index (χ2n) is 4.36. The SMILES string of the molecule is CC(C)N(CCCBr)Cc1ccc(Cl)c(F)c1. The van der Waals surface area contributed by atoms with Crippen LogP contribution in [0.25, 0.3) is 0 Å². The van der Waals surface area contributed by atoms with Crippen LogP contribution in [-0.4, -0.2) is 22.8 Å². The molecule has 0 amide bonds. The minimum absolute atomic E-state index is 0.185. The molecule has 0 spiro atoms. The molecule has 0 aliphatic carbocycles. The number of halogens is 3. The summed E-state index contributed by atoms with van der Waals surface area (Å²) in [5.74, 6) is -0.339. The second-order valence-corrected chi connectivity index (χ2v) is 5.56. The summed E-state index contributed by atoms with van der Waals surface area (Å²) in [6.45, 7) is 6.08. The van der Waals surface area contributed by atoms with E-state index >= 15 is 0 Å². The van der Waals surface area contributed by atoms with Gasteiger partial charge in [0.25, 0.3) is 0 Å². The van der Waals surface area contributed by atoms with Crippen LogP contribution in [0.4, 0.5) is 4.39 Å². The smallest absolute Gasteiger partial charge is 0.142 e. The van der Waals surface area contributed by atoms with Crippen LogP contribution in [-0.2, 0) is 6.54 Å². The fraction of sp³-hybridized carbons (Fsp3) is 0.538. The molecule has 0 atom stereocenters. The van der Waals surface area contributed by atoms with Gasteiger partial charge in [0.1, 0.15) is 5.82 Å². The average molecular weight is 323 g/mol. The standard InChI is InChI=1S/C13H18BrClFN/c1-10(2)17(7-3-6-14)9-11-4-5-12(15)13(16)8-11/h4-5,8,10H,3,6-7,9H2,1-2H3. The Balaban J connectivity index is 2.68. The lowest BCUT2D eigenvalue weighted by molar-refractivity contribution is 0.214. The lowest BCUT2D eigenvalue weighted by atomic mass is 10.1. The van der Waals surface area contributed by atoms with Crippen molar-refractivity contribution in [2.75, 3.05) is 11.9 Å². The van der Waals surface area contributed by atoms with Crippen molar-refractivity contribution in [1.82, 2.24) is 4.90 Å². The Morgan fingerprint density at radius 2 is 2.12 bits per heavy atom. The van der Waals surface area contributed by atoms with E-state index in [1.807, 2.05) is 6.07 Å². The molecule has 0 saturated heterocycles. The highest BCUT2D eigenvalue weighted by Crippen LogP contribution is 2.17. The number of rotatable bonds is 6. The third kappa shape index (κ3) is 4.94. The summed E-state index contributed by atoms with van der Waals surface area (Å²) >= 11 is 9.10. The first-order valence-electron chi connectivity index (χ1n) is 5.78. The Morgan fingerprint density at radius 1 is 1.41 bits per heavy atom. The summed E-state index contributed by atoms with van der Waals surface area (Å²) in [4.78, 5) is 2.32. The maximum Gasteiger partial charge on any atom is 0.142 e. The van der Waals surface area contributed by atoms with E-state index in [4.69, 9.17) is 11.6 Å². The van der Waals surface area contributed by atoms with E-state index < -0.39 is 0 Å². The van der Waals surface area contributed by atoms with E-state index in [2.05, 4.69) is 34.7 Å². The Hall–Kier alpha value is -0.120. The second kappa shape index (κ2) is 7.34. The van der Waals surface area contributed by atoms with Crippen molar-refractivity contribution in [3.63, 3.8) is 0 Å². The van der Waals surface area contributed by atoms with E-state index in [9.17, 15) is 4.39 Å². The topological polar surface area (TPSA) is 3.24 Å². The lowest BCUT2D eigenvalue weighted by Crippen LogP contribution is -2.31. The molecular weight excluding hydrogens is 305 g/mol. The molecule has 0 aliphatic rings. The number of hydrogen-bond acceptors (Lipinski definition) is 1. The Kier molecular flexibility index (Phi) is 6.45. The molecule has 1 aromatic carbocycles. The van der Waals surface area contributed by atoms with Crippen molar-refractivity contribution in [3.05, 3.63) is 34.6 Å². The van der Waals surface area contributed by atoms with Crippen molar-refractivity contribution in [2.45, 2.75) is 32.9 Å². The van der Waals surface area contributed by atoms with Gasteiger partial charge in [-0.2, -0.15) is 0 Å². The number of nitrogens with zero attached hydrogens (tertiary/aromatic N) is 1. The summed E-state index contributed by atoms with van der Waals surface area (Å²) in [6.07, 6.45) is 1.09. The third-order valence-corrected chi connectivity index (χ3v) is 3.55. The minimum Gasteiger partial charge on any atom is -0.297 e. The average Bonchev–Trinajstić information content (AvgIpc) is 2.28. The van der Waals surface area contributed by atoms with Gasteiger partial charge in [0.05, 0.1) is 5.02 Å². The zero-order valence-electron chi connectivity index (χ0n) is 10.2.